The van der Waals surface area contributed by atoms with Gasteiger partial charge < -0.3 is 16.0 Å². The third-order valence-electron chi connectivity index (χ3n) is 4.71. The smallest absolute Gasteiger partial charge is 0.269 e. The first-order chi connectivity index (χ1) is 17.3. The van der Waals surface area contributed by atoms with Crippen LogP contribution in [0.5, 0.6) is 0 Å². The highest BCUT2D eigenvalue weighted by Gasteiger charge is 2.27. The van der Waals surface area contributed by atoms with Gasteiger partial charge in [-0.3, -0.25) is 9.59 Å². The molecule has 1 atom stereocenters. The number of anilines is 2. The van der Waals surface area contributed by atoms with Crippen LogP contribution < -0.4 is 16.0 Å². The largest absolute Gasteiger partial charge is 0.371 e. The number of carbonyl (C=O) groups excluding carboxylic acids is 2. The Morgan fingerprint density at radius 1 is 0.944 bits per heavy atom. The fraction of sp³-hybridized carbons (Fsp3) is 0.200. The zero-order valence-corrected chi connectivity index (χ0v) is 19.4. The monoisotopic (exact) mass is 501 g/mol. The number of aromatic nitrogens is 1. The fourth-order valence-corrected chi connectivity index (χ4v) is 3.20. The van der Waals surface area contributed by atoms with Gasteiger partial charge in [-0.05, 0) is 6.07 Å². The van der Waals surface area contributed by atoms with E-state index in [2.05, 4.69) is 34.5 Å². The van der Waals surface area contributed by atoms with Gasteiger partial charge >= 0.3 is 0 Å². The number of nitrogens with one attached hydrogen (secondary N) is 3. The summed E-state index contributed by atoms with van der Waals surface area (Å²) in [5, 5.41) is 6.98. The van der Waals surface area contributed by atoms with E-state index in [0.717, 1.165) is 0 Å². The maximum atomic E-state index is 13.7. The number of pyridine rings is 1. The van der Waals surface area contributed by atoms with E-state index in [-0.39, 0.29) is 0 Å². The molecule has 2 heterocycles. The molecule has 0 saturated carbocycles. The number of para-hydroxylation sites is 1. The molecule has 0 aliphatic carbocycles. The lowest BCUT2D eigenvalue weighted by Gasteiger charge is -2.14. The van der Waals surface area contributed by atoms with Crippen molar-refractivity contribution in [2.75, 3.05) is 17.2 Å². The summed E-state index contributed by atoms with van der Waals surface area (Å²) in [6.45, 7) is 3.45. The average molecular weight is 501 g/mol. The number of nitrogens with zero attached hydrogens (tertiary/aromatic N) is 2. The minimum absolute atomic E-state index is 0.429. The molecule has 0 bridgehead atoms. The van der Waals surface area contributed by atoms with Crippen LogP contribution in [0.2, 0.25) is 0 Å². The van der Waals surface area contributed by atoms with Crippen LogP contribution in [0.25, 0.3) is 0 Å². The first-order valence-electron chi connectivity index (χ1n) is 11.0. The molecule has 2 amide bonds. The zero-order valence-electron chi connectivity index (χ0n) is 19.4. The molecule has 3 N–H and O–H groups in total. The third-order valence-corrected chi connectivity index (χ3v) is 4.71. The number of halogens is 4. The first-order valence-corrected chi connectivity index (χ1v) is 11.0. The van der Waals surface area contributed by atoms with Crippen molar-refractivity contribution in [3.05, 3.63) is 89.3 Å². The maximum absolute atomic E-state index is 13.7. The molecule has 0 saturated heterocycles. The van der Waals surface area contributed by atoms with Crippen molar-refractivity contribution < 1.29 is 27.2 Å². The second-order valence-corrected chi connectivity index (χ2v) is 7.61. The number of amides is 2. The zero-order chi connectivity index (χ0) is 26.2. The van der Waals surface area contributed by atoms with Gasteiger partial charge in [0.25, 0.3) is 17.8 Å². The van der Waals surface area contributed by atoms with Crippen LogP contribution in [-0.2, 0) is 9.59 Å². The van der Waals surface area contributed by atoms with Crippen molar-refractivity contribution >= 4 is 28.9 Å². The van der Waals surface area contributed by atoms with Crippen LogP contribution in [0.3, 0.4) is 0 Å². The minimum atomic E-state index is -1.87. The predicted octanol–water partition coefficient (Wildman–Crippen LogP) is 4.40. The highest BCUT2D eigenvalue weighted by Crippen LogP contribution is 2.24. The molecule has 1 unspecified atom stereocenters. The molecule has 1 aliphatic heterocycles. The SMILES string of the molecule is CCC.O=C(CNc1c(F)c(F)nc(F)c1F)NC1N=C(c2ccccc2)c2ccccc2NC1=O. The van der Waals surface area contributed by atoms with E-state index in [4.69, 9.17) is 0 Å². The summed E-state index contributed by atoms with van der Waals surface area (Å²) in [6.07, 6.45) is -0.137. The van der Waals surface area contributed by atoms with Crippen LogP contribution >= 0.6 is 0 Å². The molecule has 2 aromatic carbocycles. The van der Waals surface area contributed by atoms with Crippen LogP contribution in [-0.4, -0.2) is 35.2 Å². The highest BCUT2D eigenvalue weighted by atomic mass is 19.2. The molecule has 3 aromatic rings. The molecule has 1 aliphatic rings. The third kappa shape index (κ3) is 6.04. The number of fused-ring (bicyclic) bond motifs is 1. The molecule has 0 spiro atoms. The molecular formula is C25H23F4N5O2. The second-order valence-electron chi connectivity index (χ2n) is 7.61. The average Bonchev–Trinajstić information content (AvgIpc) is 3.00. The Kier molecular flexibility index (Phi) is 8.71. The van der Waals surface area contributed by atoms with Crippen molar-refractivity contribution in [1.29, 1.82) is 0 Å². The number of hydrogen-bond acceptors (Lipinski definition) is 5. The van der Waals surface area contributed by atoms with Gasteiger partial charge in [0, 0.05) is 11.1 Å². The molecule has 36 heavy (non-hydrogen) atoms. The van der Waals surface area contributed by atoms with Crippen molar-refractivity contribution in [2.24, 2.45) is 4.99 Å². The lowest BCUT2D eigenvalue weighted by Crippen LogP contribution is -2.44. The number of benzodiazepines with no additional fused rings is 1. The van der Waals surface area contributed by atoms with Crippen molar-refractivity contribution in [3.63, 3.8) is 0 Å². The normalized spacial score (nSPS) is 14.3. The van der Waals surface area contributed by atoms with E-state index in [1.54, 1.807) is 48.5 Å². The maximum Gasteiger partial charge on any atom is 0.269 e. The van der Waals surface area contributed by atoms with Crippen molar-refractivity contribution in [3.8, 4) is 0 Å². The highest BCUT2D eigenvalue weighted by molar-refractivity contribution is 6.19. The molecule has 188 valence electrons. The van der Waals surface area contributed by atoms with Gasteiger partial charge in [-0.2, -0.15) is 22.5 Å². The van der Waals surface area contributed by atoms with E-state index in [1.165, 1.54) is 6.42 Å². The lowest BCUT2D eigenvalue weighted by molar-refractivity contribution is -0.125. The van der Waals surface area contributed by atoms with Gasteiger partial charge in [0.15, 0.2) is 0 Å². The standard InChI is InChI=1S/C22H15F4N5O2.C3H8/c23-15-18(16(24)20(26)31-19(15)25)27-10-14(32)29-21-22(33)28-13-9-5-4-8-12(13)17(30-21)11-6-2-1-3-7-11;1-3-2/h1-9,21H,10H2,(H,27,31)(H,28,33)(H,29,32);3H2,1-2H3. The summed E-state index contributed by atoms with van der Waals surface area (Å²) in [5.74, 6) is -8.86. The summed E-state index contributed by atoms with van der Waals surface area (Å²) in [4.78, 5) is 31.9. The molecule has 1 aromatic heterocycles. The van der Waals surface area contributed by atoms with Gasteiger partial charge in [0.2, 0.25) is 23.7 Å². The van der Waals surface area contributed by atoms with E-state index in [0.29, 0.717) is 22.5 Å². The summed E-state index contributed by atoms with van der Waals surface area (Å²) in [7, 11) is 0. The van der Waals surface area contributed by atoms with E-state index in [9.17, 15) is 27.2 Å². The fourth-order valence-electron chi connectivity index (χ4n) is 3.20. The number of rotatable bonds is 5. The Balaban J connectivity index is 0.00000115. The van der Waals surface area contributed by atoms with Gasteiger partial charge in [-0.25, -0.2) is 4.99 Å². The Bertz CT molecular complexity index is 1260. The lowest BCUT2D eigenvalue weighted by atomic mass is 10.0. The minimum Gasteiger partial charge on any atom is -0.371 e. The Morgan fingerprint density at radius 2 is 1.53 bits per heavy atom. The Labute approximate surface area is 204 Å². The summed E-state index contributed by atoms with van der Waals surface area (Å²) in [6, 6.07) is 15.9. The van der Waals surface area contributed by atoms with Crippen LogP contribution in [0.1, 0.15) is 31.4 Å². The molecule has 0 fully saturated rings. The van der Waals surface area contributed by atoms with Crippen LogP contribution in [0.4, 0.5) is 28.9 Å². The van der Waals surface area contributed by atoms with Gasteiger partial charge in [-0.1, -0.05) is 68.8 Å². The van der Waals surface area contributed by atoms with Crippen molar-refractivity contribution in [1.82, 2.24) is 10.3 Å². The number of benzene rings is 2. The molecular weight excluding hydrogens is 478 g/mol. The topological polar surface area (TPSA) is 95.5 Å². The predicted molar refractivity (Wildman–Crippen MR) is 128 cm³/mol. The number of hydrogen-bond donors (Lipinski definition) is 3. The quantitative estimate of drug-likeness (QED) is 0.357. The molecule has 7 nitrogen and oxygen atoms in total. The second kappa shape index (κ2) is 11.9. The van der Waals surface area contributed by atoms with Gasteiger partial charge in [0.05, 0.1) is 17.9 Å². The van der Waals surface area contributed by atoms with Crippen LogP contribution in [0.15, 0.2) is 59.6 Å². The summed E-state index contributed by atoms with van der Waals surface area (Å²) >= 11 is 0. The van der Waals surface area contributed by atoms with Gasteiger partial charge in [-0.15, -0.1) is 0 Å². The summed E-state index contributed by atoms with van der Waals surface area (Å²) in [5.41, 5.74) is 1.02. The summed E-state index contributed by atoms with van der Waals surface area (Å²) < 4.78 is 54.0. The van der Waals surface area contributed by atoms with E-state index in [1.807, 2.05) is 11.4 Å². The van der Waals surface area contributed by atoms with E-state index >= 15 is 0 Å². The first kappa shape index (κ1) is 26.3. The molecule has 4 rings (SSSR count). The Hall–Kier alpha value is -4.28. The van der Waals surface area contributed by atoms with Gasteiger partial charge in [0.1, 0.15) is 5.69 Å². The molecule has 11 heteroatoms. The molecule has 0 radical (unpaired) electrons. The number of aliphatic imine (C=N–C) groups is 1. The van der Waals surface area contributed by atoms with Crippen molar-refractivity contribution in [2.45, 2.75) is 26.4 Å². The van der Waals surface area contributed by atoms with Crippen LogP contribution in [0, 0.1) is 23.5 Å². The Morgan fingerprint density at radius 3 is 2.17 bits per heavy atom. The van der Waals surface area contributed by atoms with E-state index < -0.39 is 53.7 Å². The number of carbonyl (C=O) groups is 2.